The van der Waals surface area contributed by atoms with Gasteiger partial charge in [0.05, 0.1) is 0 Å². The summed E-state index contributed by atoms with van der Waals surface area (Å²) in [5.74, 6) is -1.47. The van der Waals surface area contributed by atoms with E-state index in [9.17, 15) is 36.6 Å². The Morgan fingerprint density at radius 2 is 0.957 bits per heavy atom. The van der Waals surface area contributed by atoms with Crippen molar-refractivity contribution in [3.63, 3.8) is 0 Å². The van der Waals surface area contributed by atoms with Gasteiger partial charge < -0.3 is 10.2 Å². The molecule has 0 spiro atoms. The first-order valence-electron chi connectivity index (χ1n) is 6.22. The fourth-order valence-electron chi connectivity index (χ4n) is 2.46. The molecule has 0 heterocycles. The van der Waals surface area contributed by atoms with Gasteiger partial charge in [-0.05, 0) is 35.4 Å². The lowest BCUT2D eigenvalue weighted by atomic mass is 9.73. The Morgan fingerprint density at radius 1 is 0.609 bits per heavy atom. The molecule has 0 saturated heterocycles. The number of phenols is 2. The van der Waals surface area contributed by atoms with Gasteiger partial charge in [-0.25, -0.2) is 0 Å². The summed E-state index contributed by atoms with van der Waals surface area (Å²) in [7, 11) is 0. The van der Waals surface area contributed by atoms with E-state index in [0.717, 1.165) is 24.3 Å². The topological polar surface area (TPSA) is 40.5 Å². The SMILES string of the molecule is Oc1cccc(C(c2cccc(O)c2)(C(F)(F)F)C(F)(F)F)c1. The van der Waals surface area contributed by atoms with Crippen LogP contribution in [0.15, 0.2) is 48.5 Å². The third-order valence-electron chi connectivity index (χ3n) is 3.41. The zero-order valence-electron chi connectivity index (χ0n) is 11.3. The van der Waals surface area contributed by atoms with Crippen molar-refractivity contribution < 1.29 is 36.6 Å². The molecular formula is C15H10F6O2. The first-order chi connectivity index (χ1) is 10.5. The minimum Gasteiger partial charge on any atom is -0.508 e. The second-order valence-corrected chi connectivity index (χ2v) is 4.85. The molecular weight excluding hydrogens is 326 g/mol. The van der Waals surface area contributed by atoms with Crippen molar-refractivity contribution in [2.45, 2.75) is 17.8 Å². The summed E-state index contributed by atoms with van der Waals surface area (Å²) < 4.78 is 81.7. The van der Waals surface area contributed by atoms with Crippen molar-refractivity contribution in [3.8, 4) is 11.5 Å². The molecule has 0 aliphatic carbocycles. The second kappa shape index (κ2) is 5.36. The monoisotopic (exact) mass is 336 g/mol. The van der Waals surface area contributed by atoms with Crippen molar-refractivity contribution in [2.24, 2.45) is 0 Å². The highest BCUT2D eigenvalue weighted by molar-refractivity contribution is 5.48. The van der Waals surface area contributed by atoms with E-state index in [1.165, 1.54) is 0 Å². The van der Waals surface area contributed by atoms with Gasteiger partial charge in [0, 0.05) is 0 Å². The van der Waals surface area contributed by atoms with Crippen LogP contribution in [0.2, 0.25) is 0 Å². The Labute approximate surface area is 126 Å². The van der Waals surface area contributed by atoms with E-state index in [1.807, 2.05) is 0 Å². The molecule has 0 bridgehead atoms. The number of phenolic OH excluding ortho intramolecular Hbond substituents is 2. The van der Waals surface area contributed by atoms with Crippen LogP contribution in [0.5, 0.6) is 11.5 Å². The molecule has 0 radical (unpaired) electrons. The van der Waals surface area contributed by atoms with Gasteiger partial charge in [0.1, 0.15) is 11.5 Å². The minimum atomic E-state index is -5.76. The van der Waals surface area contributed by atoms with Gasteiger partial charge >= 0.3 is 12.4 Å². The molecule has 2 nitrogen and oxygen atoms in total. The summed E-state index contributed by atoms with van der Waals surface area (Å²) in [5, 5.41) is 18.7. The minimum absolute atomic E-state index is 0.408. The summed E-state index contributed by atoms with van der Waals surface area (Å²) in [4.78, 5) is 0. The lowest BCUT2D eigenvalue weighted by Gasteiger charge is -2.38. The number of halogens is 6. The highest BCUT2D eigenvalue weighted by Crippen LogP contribution is 2.56. The highest BCUT2D eigenvalue weighted by atomic mass is 19.4. The predicted molar refractivity (Wildman–Crippen MR) is 69.1 cm³/mol. The summed E-state index contributed by atoms with van der Waals surface area (Å²) in [5.41, 5.74) is -6.76. The van der Waals surface area contributed by atoms with Crippen molar-refractivity contribution >= 4 is 0 Å². The molecule has 23 heavy (non-hydrogen) atoms. The Balaban J connectivity index is 2.93. The molecule has 2 aromatic rings. The highest BCUT2D eigenvalue weighted by Gasteiger charge is 2.72. The van der Waals surface area contributed by atoms with Crippen molar-refractivity contribution in [3.05, 3.63) is 59.7 Å². The smallest absolute Gasteiger partial charge is 0.411 e. The molecule has 0 fully saturated rings. The third-order valence-corrected chi connectivity index (χ3v) is 3.41. The fourth-order valence-corrected chi connectivity index (χ4v) is 2.46. The molecule has 2 N–H and O–H groups in total. The second-order valence-electron chi connectivity index (χ2n) is 4.85. The maximum absolute atomic E-state index is 13.6. The molecule has 0 aliphatic rings. The van der Waals surface area contributed by atoms with E-state index in [4.69, 9.17) is 0 Å². The number of alkyl halides is 6. The van der Waals surface area contributed by atoms with Gasteiger partial charge in [-0.2, -0.15) is 26.3 Å². The molecule has 2 aromatic carbocycles. The van der Waals surface area contributed by atoms with Crippen LogP contribution in [0, 0.1) is 0 Å². The number of rotatable bonds is 2. The van der Waals surface area contributed by atoms with Gasteiger partial charge in [-0.15, -0.1) is 0 Å². The van der Waals surface area contributed by atoms with E-state index in [0.29, 0.717) is 24.3 Å². The Bertz CT molecular complexity index is 644. The van der Waals surface area contributed by atoms with Crippen LogP contribution in [0.3, 0.4) is 0 Å². The summed E-state index contributed by atoms with van der Waals surface area (Å²) in [6.45, 7) is 0. The standard InChI is InChI=1S/C15H10F6O2/c16-14(17,18)13(15(19,20)21,9-3-1-5-11(22)7-9)10-4-2-6-12(23)8-10/h1-8,22-23H. The average molecular weight is 336 g/mol. The van der Waals surface area contributed by atoms with E-state index in [-0.39, 0.29) is 0 Å². The molecule has 0 aromatic heterocycles. The zero-order valence-corrected chi connectivity index (χ0v) is 11.3. The van der Waals surface area contributed by atoms with Crippen LogP contribution in [0.4, 0.5) is 26.3 Å². The summed E-state index contributed by atoms with van der Waals surface area (Å²) in [6.07, 6.45) is -11.5. The van der Waals surface area contributed by atoms with E-state index < -0.39 is 40.4 Å². The fraction of sp³-hybridized carbons (Fsp3) is 0.200. The number of hydrogen-bond donors (Lipinski definition) is 2. The molecule has 8 heteroatoms. The van der Waals surface area contributed by atoms with Crippen LogP contribution < -0.4 is 0 Å². The Hall–Kier alpha value is -2.38. The lowest BCUT2D eigenvalue weighted by Crippen LogP contribution is -2.54. The predicted octanol–water partition coefficient (Wildman–Crippen LogP) is 4.51. The molecule has 2 rings (SSSR count). The van der Waals surface area contributed by atoms with Crippen LogP contribution in [-0.2, 0) is 5.41 Å². The Morgan fingerprint density at radius 3 is 1.22 bits per heavy atom. The van der Waals surface area contributed by atoms with Crippen molar-refractivity contribution in [1.82, 2.24) is 0 Å². The average Bonchev–Trinajstić information content (AvgIpc) is 2.36. The molecule has 0 saturated carbocycles. The first kappa shape index (κ1) is 17.0. The normalized spacial score (nSPS) is 13.1. The molecule has 0 aliphatic heterocycles. The first-order valence-corrected chi connectivity index (χ1v) is 6.22. The van der Waals surface area contributed by atoms with Crippen LogP contribution in [0.1, 0.15) is 11.1 Å². The van der Waals surface area contributed by atoms with E-state index >= 15 is 0 Å². The largest absolute Gasteiger partial charge is 0.508 e. The number of aromatic hydroxyl groups is 2. The molecule has 124 valence electrons. The van der Waals surface area contributed by atoms with Gasteiger partial charge in [0.2, 0.25) is 5.41 Å². The number of benzene rings is 2. The van der Waals surface area contributed by atoms with E-state index in [2.05, 4.69) is 0 Å². The van der Waals surface area contributed by atoms with Gasteiger partial charge in [-0.3, -0.25) is 0 Å². The maximum atomic E-state index is 13.6. The van der Waals surface area contributed by atoms with Crippen LogP contribution in [-0.4, -0.2) is 22.6 Å². The summed E-state index contributed by atoms with van der Waals surface area (Å²) >= 11 is 0. The van der Waals surface area contributed by atoms with Crippen molar-refractivity contribution in [2.75, 3.05) is 0 Å². The van der Waals surface area contributed by atoms with Gasteiger partial charge in [0.25, 0.3) is 0 Å². The van der Waals surface area contributed by atoms with Crippen molar-refractivity contribution in [1.29, 1.82) is 0 Å². The number of hydrogen-bond acceptors (Lipinski definition) is 2. The molecule has 0 amide bonds. The van der Waals surface area contributed by atoms with Gasteiger partial charge in [0.15, 0.2) is 0 Å². The lowest BCUT2D eigenvalue weighted by molar-refractivity contribution is -0.288. The van der Waals surface area contributed by atoms with Gasteiger partial charge in [-0.1, -0.05) is 24.3 Å². The Kier molecular flexibility index (Phi) is 3.96. The third kappa shape index (κ3) is 2.69. The quantitative estimate of drug-likeness (QED) is 0.792. The van der Waals surface area contributed by atoms with Crippen LogP contribution >= 0.6 is 0 Å². The molecule has 0 atom stereocenters. The van der Waals surface area contributed by atoms with E-state index in [1.54, 1.807) is 0 Å². The maximum Gasteiger partial charge on any atom is 0.411 e. The van der Waals surface area contributed by atoms with Crippen LogP contribution in [0.25, 0.3) is 0 Å². The molecule has 0 unspecified atom stereocenters. The summed E-state index contributed by atoms with van der Waals surface area (Å²) in [6, 6.07) is 5.78. The zero-order chi connectivity index (χ0) is 17.5.